The summed E-state index contributed by atoms with van der Waals surface area (Å²) in [5.41, 5.74) is 1.24. The fourth-order valence-electron chi connectivity index (χ4n) is 3.56. The second-order valence-electron chi connectivity index (χ2n) is 6.44. The smallest absolute Gasteiger partial charge is 0.289 e. The molecule has 2 fully saturated rings. The topological polar surface area (TPSA) is 51.9 Å². The molecule has 0 aliphatic carbocycles. The zero-order chi connectivity index (χ0) is 16.7. The third kappa shape index (κ3) is 2.70. The molecule has 0 bridgehead atoms. The maximum atomic E-state index is 13.4. The minimum Gasteiger partial charge on any atom is -0.451 e. The third-order valence-electron chi connectivity index (χ3n) is 4.95. The van der Waals surface area contributed by atoms with E-state index in [0.717, 1.165) is 12.8 Å². The van der Waals surface area contributed by atoms with Crippen LogP contribution in [-0.4, -0.2) is 43.4 Å². The second kappa shape index (κ2) is 6.18. The number of likely N-dealkylation sites (tertiary alicyclic amines) is 1. The first-order valence-electron chi connectivity index (χ1n) is 8.34. The average Bonchev–Trinajstić information content (AvgIpc) is 3.24. The van der Waals surface area contributed by atoms with E-state index >= 15 is 0 Å². The molecule has 0 spiro atoms. The van der Waals surface area contributed by atoms with Gasteiger partial charge in [0, 0.05) is 30.0 Å². The van der Waals surface area contributed by atoms with Gasteiger partial charge in [-0.3, -0.25) is 4.79 Å². The van der Waals surface area contributed by atoms with E-state index in [4.69, 9.17) is 13.9 Å². The van der Waals surface area contributed by atoms with E-state index < -0.39 is 0 Å². The van der Waals surface area contributed by atoms with Gasteiger partial charge in [-0.1, -0.05) is 0 Å². The summed E-state index contributed by atoms with van der Waals surface area (Å²) in [6.45, 7) is 4.40. The van der Waals surface area contributed by atoms with Crippen LogP contribution in [0.1, 0.15) is 29.0 Å². The Kier molecular flexibility index (Phi) is 4.02. The Morgan fingerprint density at radius 1 is 1.21 bits per heavy atom. The van der Waals surface area contributed by atoms with Crippen molar-refractivity contribution in [1.29, 1.82) is 0 Å². The molecule has 24 heavy (non-hydrogen) atoms. The van der Waals surface area contributed by atoms with Gasteiger partial charge in [-0.15, -0.1) is 0 Å². The minimum atomic E-state index is -0.331. The zero-order valence-corrected chi connectivity index (χ0v) is 13.6. The Morgan fingerprint density at radius 2 is 1.92 bits per heavy atom. The van der Waals surface area contributed by atoms with Gasteiger partial charge in [-0.2, -0.15) is 0 Å². The second-order valence-corrected chi connectivity index (χ2v) is 6.44. The molecule has 4 rings (SSSR count). The van der Waals surface area contributed by atoms with Crippen LogP contribution in [0.2, 0.25) is 0 Å². The number of halogens is 1. The van der Waals surface area contributed by atoms with Gasteiger partial charge in [-0.25, -0.2) is 4.39 Å². The number of fused-ring (bicyclic) bond motifs is 1. The standard InChI is InChI=1S/C18H20FNO4/c1-11-14-10-13(19)2-3-15(14)24-16(11)17(21)20-6-4-12(5-7-20)18-22-8-9-23-18/h2-3,10,12,18H,4-9H2,1H3. The SMILES string of the molecule is Cc1c(C(=O)N2CCC(C3OCCO3)CC2)oc2ccc(F)cc12. The van der Waals surface area contributed by atoms with E-state index in [1.165, 1.54) is 12.1 Å². The quantitative estimate of drug-likeness (QED) is 0.847. The molecule has 2 aliphatic heterocycles. The van der Waals surface area contributed by atoms with Crippen molar-refractivity contribution in [2.75, 3.05) is 26.3 Å². The normalized spacial score (nSPS) is 20.2. The van der Waals surface area contributed by atoms with Crippen molar-refractivity contribution in [3.8, 4) is 0 Å². The summed E-state index contributed by atoms with van der Waals surface area (Å²) in [4.78, 5) is 14.6. The molecule has 128 valence electrons. The highest BCUT2D eigenvalue weighted by molar-refractivity contribution is 5.99. The number of amides is 1. The summed E-state index contributed by atoms with van der Waals surface area (Å²) < 4.78 is 30.2. The number of furan rings is 1. The summed E-state index contributed by atoms with van der Waals surface area (Å²) >= 11 is 0. The number of piperidine rings is 1. The van der Waals surface area contributed by atoms with Crippen LogP contribution in [-0.2, 0) is 9.47 Å². The molecule has 2 saturated heterocycles. The van der Waals surface area contributed by atoms with Crippen molar-refractivity contribution in [2.45, 2.75) is 26.1 Å². The molecule has 3 heterocycles. The number of hydrogen-bond donors (Lipinski definition) is 0. The molecular formula is C18H20FNO4. The van der Waals surface area contributed by atoms with Crippen molar-refractivity contribution >= 4 is 16.9 Å². The lowest BCUT2D eigenvalue weighted by molar-refractivity contribution is -0.0956. The molecule has 6 heteroatoms. The number of benzene rings is 1. The molecule has 2 aliphatic rings. The van der Waals surface area contributed by atoms with E-state index in [-0.39, 0.29) is 18.0 Å². The van der Waals surface area contributed by atoms with Gasteiger partial charge in [-0.05, 0) is 38.0 Å². The number of rotatable bonds is 2. The van der Waals surface area contributed by atoms with Crippen LogP contribution in [0.5, 0.6) is 0 Å². The molecule has 1 aromatic carbocycles. The first kappa shape index (κ1) is 15.6. The predicted octanol–water partition coefficient (Wildman–Crippen LogP) is 3.11. The maximum Gasteiger partial charge on any atom is 0.289 e. The van der Waals surface area contributed by atoms with Gasteiger partial charge in [0.15, 0.2) is 12.1 Å². The van der Waals surface area contributed by atoms with E-state index in [9.17, 15) is 9.18 Å². The summed E-state index contributed by atoms with van der Waals surface area (Å²) in [5.74, 6) is 0.184. The van der Waals surface area contributed by atoms with E-state index in [0.29, 0.717) is 54.5 Å². The molecule has 0 saturated carbocycles. The van der Waals surface area contributed by atoms with Crippen molar-refractivity contribution in [3.05, 3.63) is 35.3 Å². The minimum absolute atomic E-state index is 0.127. The van der Waals surface area contributed by atoms with Gasteiger partial charge in [0.05, 0.1) is 13.2 Å². The Bertz CT molecular complexity index is 758. The average molecular weight is 333 g/mol. The van der Waals surface area contributed by atoms with Gasteiger partial charge in [0.25, 0.3) is 5.91 Å². The van der Waals surface area contributed by atoms with E-state index in [1.807, 2.05) is 0 Å². The van der Waals surface area contributed by atoms with E-state index in [1.54, 1.807) is 17.9 Å². The van der Waals surface area contributed by atoms with Gasteiger partial charge in [0.1, 0.15) is 11.4 Å². The number of carbonyl (C=O) groups is 1. The molecule has 2 aromatic rings. The summed E-state index contributed by atoms with van der Waals surface area (Å²) in [6.07, 6.45) is 1.58. The van der Waals surface area contributed by atoms with Crippen molar-refractivity contribution in [3.63, 3.8) is 0 Å². The van der Waals surface area contributed by atoms with Crippen molar-refractivity contribution < 1.29 is 23.1 Å². The molecular weight excluding hydrogens is 313 g/mol. The molecule has 0 atom stereocenters. The van der Waals surface area contributed by atoms with E-state index in [2.05, 4.69) is 0 Å². The van der Waals surface area contributed by atoms with Crippen molar-refractivity contribution in [2.24, 2.45) is 5.92 Å². The highest BCUT2D eigenvalue weighted by Gasteiger charge is 2.33. The molecule has 1 amide bonds. The maximum absolute atomic E-state index is 13.4. The Balaban J connectivity index is 1.49. The summed E-state index contributed by atoms with van der Waals surface area (Å²) in [5, 5.41) is 0.654. The Morgan fingerprint density at radius 3 is 2.62 bits per heavy atom. The fourth-order valence-corrected chi connectivity index (χ4v) is 3.56. The zero-order valence-electron chi connectivity index (χ0n) is 13.6. The molecule has 0 N–H and O–H groups in total. The molecule has 5 nitrogen and oxygen atoms in total. The first-order chi connectivity index (χ1) is 11.6. The molecule has 1 aromatic heterocycles. The Hall–Kier alpha value is -1.92. The van der Waals surface area contributed by atoms with Crippen LogP contribution < -0.4 is 0 Å². The van der Waals surface area contributed by atoms with Crippen molar-refractivity contribution in [1.82, 2.24) is 4.90 Å². The number of aryl methyl sites for hydroxylation is 1. The summed E-state index contributed by atoms with van der Waals surface area (Å²) in [6, 6.07) is 4.31. The summed E-state index contributed by atoms with van der Waals surface area (Å²) in [7, 11) is 0. The lowest BCUT2D eigenvalue weighted by atomic mass is 9.96. The van der Waals surface area contributed by atoms with Crippen LogP contribution in [0, 0.1) is 18.7 Å². The fraction of sp³-hybridized carbons (Fsp3) is 0.500. The van der Waals surface area contributed by atoms with Gasteiger partial charge >= 0.3 is 0 Å². The monoisotopic (exact) mass is 333 g/mol. The van der Waals surface area contributed by atoms with Crippen LogP contribution in [0.4, 0.5) is 4.39 Å². The molecule has 0 unspecified atom stereocenters. The highest BCUT2D eigenvalue weighted by atomic mass is 19.1. The number of ether oxygens (including phenoxy) is 2. The number of carbonyl (C=O) groups excluding carboxylic acids is 1. The Labute approximate surface area is 139 Å². The third-order valence-corrected chi connectivity index (χ3v) is 4.95. The lowest BCUT2D eigenvalue weighted by Gasteiger charge is -2.33. The molecule has 0 radical (unpaired) electrons. The van der Waals surface area contributed by atoms with Crippen LogP contribution >= 0.6 is 0 Å². The largest absolute Gasteiger partial charge is 0.451 e. The van der Waals surface area contributed by atoms with Crippen LogP contribution in [0.3, 0.4) is 0 Å². The van der Waals surface area contributed by atoms with Crippen LogP contribution in [0.15, 0.2) is 22.6 Å². The predicted molar refractivity (Wildman–Crippen MR) is 85.2 cm³/mol. The van der Waals surface area contributed by atoms with Gasteiger partial charge in [0.2, 0.25) is 0 Å². The number of nitrogens with zero attached hydrogens (tertiary/aromatic N) is 1. The first-order valence-corrected chi connectivity index (χ1v) is 8.34. The van der Waals surface area contributed by atoms with Gasteiger partial charge < -0.3 is 18.8 Å². The number of hydrogen-bond acceptors (Lipinski definition) is 4. The lowest BCUT2D eigenvalue weighted by Crippen LogP contribution is -2.41. The van der Waals surface area contributed by atoms with Crippen LogP contribution in [0.25, 0.3) is 11.0 Å². The highest BCUT2D eigenvalue weighted by Crippen LogP contribution is 2.30.